The maximum Gasteiger partial charge on any atom is 0.272 e. The number of hydrogen-bond donors (Lipinski definition) is 1. The van der Waals surface area contributed by atoms with Crippen molar-refractivity contribution in [3.63, 3.8) is 0 Å². The van der Waals surface area contributed by atoms with E-state index in [1.165, 1.54) is 6.07 Å². The van der Waals surface area contributed by atoms with Gasteiger partial charge in [-0.15, -0.1) is 0 Å². The molecular formula is C11H13BrN2O3. The van der Waals surface area contributed by atoms with Crippen LogP contribution in [0.25, 0.3) is 0 Å². The number of aryl methyl sites for hydroxylation is 2. The number of carbonyl (C=O) groups excluding carboxylic acids is 1. The van der Waals surface area contributed by atoms with Gasteiger partial charge in [0.1, 0.15) is 0 Å². The molecule has 0 spiro atoms. The summed E-state index contributed by atoms with van der Waals surface area (Å²) in [4.78, 5) is 21.5. The number of nitrogens with zero attached hydrogens (tertiary/aromatic N) is 1. The fourth-order valence-corrected chi connectivity index (χ4v) is 1.48. The van der Waals surface area contributed by atoms with Crippen molar-refractivity contribution in [2.75, 3.05) is 5.32 Å². The monoisotopic (exact) mass is 300 g/mol. The zero-order chi connectivity index (χ0) is 13.2. The summed E-state index contributed by atoms with van der Waals surface area (Å²) in [6.07, 6.45) is 0. The van der Waals surface area contributed by atoms with Gasteiger partial charge in [-0.1, -0.05) is 15.9 Å². The molecule has 5 nitrogen and oxygen atoms in total. The fraction of sp³-hybridized carbons (Fsp3) is 0.364. The van der Waals surface area contributed by atoms with Gasteiger partial charge in [-0.2, -0.15) is 0 Å². The van der Waals surface area contributed by atoms with Gasteiger partial charge in [0, 0.05) is 17.3 Å². The highest BCUT2D eigenvalue weighted by Gasteiger charge is 2.15. The van der Waals surface area contributed by atoms with Crippen molar-refractivity contribution < 1.29 is 9.72 Å². The molecular weight excluding hydrogens is 288 g/mol. The topological polar surface area (TPSA) is 72.2 Å². The van der Waals surface area contributed by atoms with Crippen LogP contribution in [0, 0.1) is 24.0 Å². The maximum absolute atomic E-state index is 11.5. The second-order valence-electron chi connectivity index (χ2n) is 3.82. The lowest BCUT2D eigenvalue weighted by Crippen LogP contribution is -2.20. The number of alkyl halides is 1. The number of amides is 1. The van der Waals surface area contributed by atoms with Crippen molar-refractivity contribution in [2.45, 2.75) is 25.6 Å². The quantitative estimate of drug-likeness (QED) is 0.530. The SMILES string of the molecule is Cc1cc([N+](=O)[O-])c(C)cc1NC(=O)C(C)Br. The van der Waals surface area contributed by atoms with Crippen LogP contribution in [0.3, 0.4) is 0 Å². The second-order valence-corrected chi connectivity index (χ2v) is 5.19. The molecule has 1 amide bonds. The maximum atomic E-state index is 11.5. The molecule has 0 aliphatic heterocycles. The van der Waals surface area contributed by atoms with Gasteiger partial charge in [0.2, 0.25) is 5.91 Å². The minimum Gasteiger partial charge on any atom is -0.325 e. The van der Waals surface area contributed by atoms with Crippen LogP contribution in [0.1, 0.15) is 18.1 Å². The van der Waals surface area contributed by atoms with Gasteiger partial charge in [0.25, 0.3) is 5.69 Å². The average Bonchev–Trinajstić information content (AvgIpc) is 2.22. The van der Waals surface area contributed by atoms with Gasteiger partial charge in [0.15, 0.2) is 0 Å². The third-order valence-corrected chi connectivity index (χ3v) is 2.77. The van der Waals surface area contributed by atoms with Crippen LogP contribution in [0.4, 0.5) is 11.4 Å². The molecule has 0 saturated heterocycles. The minimum atomic E-state index is -0.430. The molecule has 0 aliphatic rings. The predicted molar refractivity (Wildman–Crippen MR) is 69.6 cm³/mol. The van der Waals surface area contributed by atoms with E-state index in [0.29, 0.717) is 16.8 Å². The standard InChI is InChI=1S/C11H13BrN2O3/c1-6-5-10(14(16)17)7(2)4-9(6)13-11(15)8(3)12/h4-5,8H,1-3H3,(H,13,15). The summed E-state index contributed by atoms with van der Waals surface area (Å²) < 4.78 is 0. The van der Waals surface area contributed by atoms with Crippen LogP contribution in [-0.2, 0) is 4.79 Å². The Balaban J connectivity index is 3.08. The molecule has 0 fully saturated rings. The third kappa shape index (κ3) is 3.26. The van der Waals surface area contributed by atoms with Crippen LogP contribution in [0.5, 0.6) is 0 Å². The van der Waals surface area contributed by atoms with Crippen molar-refractivity contribution in [2.24, 2.45) is 0 Å². The first-order valence-electron chi connectivity index (χ1n) is 5.03. The molecule has 1 aromatic carbocycles. The van der Waals surface area contributed by atoms with Gasteiger partial charge in [-0.25, -0.2) is 0 Å². The molecule has 0 radical (unpaired) electrons. The van der Waals surface area contributed by atoms with E-state index < -0.39 is 4.92 Å². The van der Waals surface area contributed by atoms with Crippen LogP contribution in [0.2, 0.25) is 0 Å². The van der Waals surface area contributed by atoms with Crippen LogP contribution in [0.15, 0.2) is 12.1 Å². The first-order valence-corrected chi connectivity index (χ1v) is 5.95. The first-order chi connectivity index (χ1) is 7.82. The summed E-state index contributed by atoms with van der Waals surface area (Å²) in [5.74, 6) is -0.179. The van der Waals surface area contributed by atoms with Gasteiger partial charge in [-0.05, 0) is 32.4 Å². The highest BCUT2D eigenvalue weighted by Crippen LogP contribution is 2.26. The summed E-state index contributed by atoms with van der Waals surface area (Å²) in [7, 11) is 0. The number of benzene rings is 1. The summed E-state index contributed by atoms with van der Waals surface area (Å²) in [5.41, 5.74) is 1.86. The van der Waals surface area contributed by atoms with Crippen molar-refractivity contribution in [1.82, 2.24) is 0 Å². The molecule has 0 heterocycles. The van der Waals surface area contributed by atoms with Crippen molar-refractivity contribution >= 4 is 33.2 Å². The van der Waals surface area contributed by atoms with E-state index in [2.05, 4.69) is 21.2 Å². The Bertz CT molecular complexity index is 472. The van der Waals surface area contributed by atoms with E-state index >= 15 is 0 Å². The molecule has 6 heteroatoms. The third-order valence-electron chi connectivity index (χ3n) is 2.36. The summed E-state index contributed by atoms with van der Waals surface area (Å²) in [5, 5.41) is 13.4. The van der Waals surface area contributed by atoms with Crippen LogP contribution >= 0.6 is 15.9 Å². The van der Waals surface area contributed by atoms with Gasteiger partial charge in [-0.3, -0.25) is 14.9 Å². The molecule has 0 aromatic heterocycles. The Hall–Kier alpha value is -1.43. The highest BCUT2D eigenvalue weighted by atomic mass is 79.9. The van der Waals surface area contributed by atoms with Crippen LogP contribution < -0.4 is 5.32 Å². The number of nitro groups is 1. The summed E-state index contributed by atoms with van der Waals surface area (Å²) in [6.45, 7) is 5.08. The molecule has 17 heavy (non-hydrogen) atoms. The van der Waals surface area contributed by atoms with Crippen molar-refractivity contribution in [3.8, 4) is 0 Å². The molecule has 92 valence electrons. The Kier molecular flexibility index (Phi) is 4.22. The molecule has 1 aromatic rings. The lowest BCUT2D eigenvalue weighted by atomic mass is 10.1. The minimum absolute atomic E-state index is 0.0624. The molecule has 1 N–H and O–H groups in total. The van der Waals surface area contributed by atoms with Gasteiger partial charge < -0.3 is 5.32 Å². The zero-order valence-corrected chi connectivity index (χ0v) is 11.4. The van der Waals surface area contributed by atoms with Crippen molar-refractivity contribution in [1.29, 1.82) is 0 Å². The smallest absolute Gasteiger partial charge is 0.272 e. The largest absolute Gasteiger partial charge is 0.325 e. The fourth-order valence-electron chi connectivity index (χ4n) is 1.36. The number of rotatable bonds is 3. The molecule has 1 rings (SSSR count). The van der Waals surface area contributed by atoms with Crippen molar-refractivity contribution in [3.05, 3.63) is 33.4 Å². The number of anilines is 1. The Labute approximate surface area is 107 Å². The number of hydrogen-bond acceptors (Lipinski definition) is 3. The first kappa shape index (κ1) is 13.6. The van der Waals surface area contributed by atoms with E-state index in [9.17, 15) is 14.9 Å². The lowest BCUT2D eigenvalue weighted by Gasteiger charge is -2.10. The molecule has 0 bridgehead atoms. The van der Waals surface area contributed by atoms with E-state index in [1.807, 2.05) is 0 Å². The highest BCUT2D eigenvalue weighted by molar-refractivity contribution is 9.10. The lowest BCUT2D eigenvalue weighted by molar-refractivity contribution is -0.385. The average molecular weight is 301 g/mol. The Morgan fingerprint density at radius 2 is 2.00 bits per heavy atom. The number of halogens is 1. The second kappa shape index (κ2) is 5.27. The van der Waals surface area contributed by atoms with E-state index in [4.69, 9.17) is 0 Å². The number of nitro benzene ring substituents is 1. The number of carbonyl (C=O) groups is 1. The van der Waals surface area contributed by atoms with Gasteiger partial charge >= 0.3 is 0 Å². The summed E-state index contributed by atoms with van der Waals surface area (Å²) in [6, 6.07) is 3.07. The normalized spacial score (nSPS) is 12.0. The van der Waals surface area contributed by atoms with E-state index in [1.54, 1.807) is 26.8 Å². The summed E-state index contributed by atoms with van der Waals surface area (Å²) >= 11 is 3.16. The molecule has 1 atom stereocenters. The Morgan fingerprint density at radius 1 is 1.41 bits per heavy atom. The molecule has 1 unspecified atom stereocenters. The molecule has 0 saturated carbocycles. The Morgan fingerprint density at radius 3 is 2.47 bits per heavy atom. The van der Waals surface area contributed by atoms with Crippen LogP contribution in [-0.4, -0.2) is 15.7 Å². The van der Waals surface area contributed by atoms with E-state index in [0.717, 1.165) is 0 Å². The number of nitrogens with one attached hydrogen (secondary N) is 1. The van der Waals surface area contributed by atoms with Gasteiger partial charge in [0.05, 0.1) is 9.75 Å². The predicted octanol–water partition coefficient (Wildman–Crippen LogP) is 2.93. The van der Waals surface area contributed by atoms with E-state index in [-0.39, 0.29) is 16.4 Å². The zero-order valence-electron chi connectivity index (χ0n) is 9.78. The molecule has 0 aliphatic carbocycles.